The van der Waals surface area contributed by atoms with Gasteiger partial charge in [0.15, 0.2) is 0 Å². The molecule has 0 amide bonds. The third-order valence-corrected chi connectivity index (χ3v) is 3.79. The van der Waals surface area contributed by atoms with Crippen molar-refractivity contribution in [1.82, 2.24) is 5.32 Å². The van der Waals surface area contributed by atoms with E-state index < -0.39 is 6.10 Å². The van der Waals surface area contributed by atoms with Crippen molar-refractivity contribution in [1.29, 1.82) is 0 Å². The number of methoxy groups -OCH3 is 1. The Morgan fingerprint density at radius 1 is 1.33 bits per heavy atom. The molecule has 0 radical (unpaired) electrons. The molecule has 1 saturated carbocycles. The Labute approximate surface area is 109 Å². The van der Waals surface area contributed by atoms with E-state index in [-0.39, 0.29) is 0 Å². The SMILES string of the molecule is COc1ccc(C(O)CNCCC2CCC2)cc1. The quantitative estimate of drug-likeness (QED) is 0.730. The first-order chi connectivity index (χ1) is 8.79. The molecule has 0 heterocycles. The topological polar surface area (TPSA) is 41.5 Å². The molecule has 0 bridgehead atoms. The van der Waals surface area contributed by atoms with E-state index in [0.29, 0.717) is 6.54 Å². The second kappa shape index (κ2) is 6.76. The van der Waals surface area contributed by atoms with E-state index in [2.05, 4.69) is 5.32 Å². The number of rotatable bonds is 7. The summed E-state index contributed by atoms with van der Waals surface area (Å²) < 4.78 is 5.10. The lowest BCUT2D eigenvalue weighted by molar-refractivity contribution is 0.172. The van der Waals surface area contributed by atoms with Gasteiger partial charge in [-0.05, 0) is 36.6 Å². The summed E-state index contributed by atoms with van der Waals surface area (Å²) in [7, 11) is 1.65. The third-order valence-electron chi connectivity index (χ3n) is 3.79. The van der Waals surface area contributed by atoms with Crippen LogP contribution in [0.4, 0.5) is 0 Å². The maximum Gasteiger partial charge on any atom is 0.118 e. The van der Waals surface area contributed by atoms with E-state index in [1.807, 2.05) is 24.3 Å². The molecule has 0 saturated heterocycles. The molecule has 100 valence electrons. The molecule has 1 fully saturated rings. The van der Waals surface area contributed by atoms with Gasteiger partial charge in [-0.1, -0.05) is 31.4 Å². The lowest BCUT2D eigenvalue weighted by Gasteiger charge is -2.25. The minimum absolute atomic E-state index is 0.433. The second-order valence-electron chi connectivity index (χ2n) is 5.08. The van der Waals surface area contributed by atoms with Crippen LogP contribution >= 0.6 is 0 Å². The van der Waals surface area contributed by atoms with E-state index in [1.165, 1.54) is 25.7 Å². The van der Waals surface area contributed by atoms with Gasteiger partial charge in [-0.25, -0.2) is 0 Å². The van der Waals surface area contributed by atoms with E-state index in [1.54, 1.807) is 7.11 Å². The van der Waals surface area contributed by atoms with Crippen LogP contribution in [0.3, 0.4) is 0 Å². The molecule has 2 N–H and O–H groups in total. The fraction of sp³-hybridized carbons (Fsp3) is 0.600. The number of aliphatic hydroxyl groups excluding tert-OH is 1. The van der Waals surface area contributed by atoms with Crippen molar-refractivity contribution in [3.05, 3.63) is 29.8 Å². The maximum absolute atomic E-state index is 10.0. The highest BCUT2D eigenvalue weighted by Crippen LogP contribution is 2.28. The predicted octanol–water partition coefficient (Wildman–Crippen LogP) is 2.51. The van der Waals surface area contributed by atoms with Crippen LogP contribution in [0.15, 0.2) is 24.3 Å². The van der Waals surface area contributed by atoms with Gasteiger partial charge in [0.2, 0.25) is 0 Å². The summed E-state index contributed by atoms with van der Waals surface area (Å²) >= 11 is 0. The largest absolute Gasteiger partial charge is 0.497 e. The first-order valence-electron chi connectivity index (χ1n) is 6.82. The van der Waals surface area contributed by atoms with Gasteiger partial charge < -0.3 is 15.2 Å². The minimum atomic E-state index is -0.433. The standard InChI is InChI=1S/C15H23NO2/c1-18-14-7-5-13(6-8-14)15(17)11-16-10-9-12-3-2-4-12/h5-8,12,15-17H,2-4,9-11H2,1H3. The molecule has 2 rings (SSSR count). The lowest BCUT2D eigenvalue weighted by Crippen LogP contribution is -2.25. The van der Waals surface area contributed by atoms with Crippen LogP contribution < -0.4 is 10.1 Å². The molecular formula is C15H23NO2. The number of nitrogens with one attached hydrogen (secondary N) is 1. The molecule has 1 aliphatic carbocycles. The number of benzene rings is 1. The summed E-state index contributed by atoms with van der Waals surface area (Å²) in [6.45, 7) is 1.64. The van der Waals surface area contributed by atoms with Gasteiger partial charge in [-0.3, -0.25) is 0 Å². The molecule has 0 spiro atoms. The molecule has 0 aliphatic heterocycles. The first-order valence-corrected chi connectivity index (χ1v) is 6.82. The van der Waals surface area contributed by atoms with Gasteiger partial charge in [0.25, 0.3) is 0 Å². The van der Waals surface area contributed by atoms with Crippen LogP contribution in [0, 0.1) is 5.92 Å². The Balaban J connectivity index is 1.67. The Morgan fingerprint density at radius 2 is 2.06 bits per heavy atom. The molecule has 1 aromatic carbocycles. The molecule has 1 atom stereocenters. The van der Waals surface area contributed by atoms with Gasteiger partial charge >= 0.3 is 0 Å². The van der Waals surface area contributed by atoms with Crippen LogP contribution in [0.5, 0.6) is 5.75 Å². The Hall–Kier alpha value is -1.06. The van der Waals surface area contributed by atoms with E-state index >= 15 is 0 Å². The fourth-order valence-electron chi connectivity index (χ4n) is 2.27. The number of hydrogen-bond donors (Lipinski definition) is 2. The van der Waals surface area contributed by atoms with Crippen molar-refractivity contribution in [2.24, 2.45) is 5.92 Å². The predicted molar refractivity (Wildman–Crippen MR) is 72.8 cm³/mol. The Bertz CT molecular complexity index is 346. The number of aliphatic hydroxyl groups is 1. The molecular weight excluding hydrogens is 226 g/mol. The third kappa shape index (κ3) is 3.72. The number of ether oxygens (including phenoxy) is 1. The van der Waals surface area contributed by atoms with E-state index in [4.69, 9.17) is 4.74 Å². The fourth-order valence-corrected chi connectivity index (χ4v) is 2.27. The summed E-state index contributed by atoms with van der Waals surface area (Å²) in [5.41, 5.74) is 0.937. The van der Waals surface area contributed by atoms with Crippen LogP contribution in [-0.2, 0) is 0 Å². The molecule has 1 unspecified atom stereocenters. The summed E-state index contributed by atoms with van der Waals surface area (Å²) in [4.78, 5) is 0. The van der Waals surface area contributed by atoms with Gasteiger partial charge in [0, 0.05) is 6.54 Å². The molecule has 0 aromatic heterocycles. The highest BCUT2D eigenvalue weighted by molar-refractivity contribution is 5.28. The molecule has 3 nitrogen and oxygen atoms in total. The molecule has 1 aliphatic rings. The van der Waals surface area contributed by atoms with Crippen molar-refractivity contribution in [2.75, 3.05) is 20.2 Å². The molecule has 1 aromatic rings. The van der Waals surface area contributed by atoms with Crippen LogP contribution in [0.1, 0.15) is 37.4 Å². The zero-order valence-electron chi connectivity index (χ0n) is 11.1. The maximum atomic E-state index is 10.0. The zero-order chi connectivity index (χ0) is 12.8. The van der Waals surface area contributed by atoms with Crippen molar-refractivity contribution >= 4 is 0 Å². The lowest BCUT2D eigenvalue weighted by atomic mass is 9.83. The van der Waals surface area contributed by atoms with Crippen molar-refractivity contribution in [2.45, 2.75) is 31.8 Å². The zero-order valence-corrected chi connectivity index (χ0v) is 11.1. The summed E-state index contributed by atoms with van der Waals surface area (Å²) in [5.74, 6) is 1.75. The van der Waals surface area contributed by atoms with Gasteiger partial charge in [-0.15, -0.1) is 0 Å². The van der Waals surface area contributed by atoms with Crippen LogP contribution in [0.25, 0.3) is 0 Å². The number of hydrogen-bond acceptors (Lipinski definition) is 3. The summed E-state index contributed by atoms with van der Waals surface area (Å²) in [6.07, 6.45) is 5.00. The Kier molecular flexibility index (Phi) is 5.02. The minimum Gasteiger partial charge on any atom is -0.497 e. The van der Waals surface area contributed by atoms with Crippen molar-refractivity contribution in [3.63, 3.8) is 0 Å². The van der Waals surface area contributed by atoms with Gasteiger partial charge in [0.1, 0.15) is 5.75 Å². The van der Waals surface area contributed by atoms with E-state index in [9.17, 15) is 5.11 Å². The second-order valence-corrected chi connectivity index (χ2v) is 5.08. The normalized spacial score (nSPS) is 17.2. The monoisotopic (exact) mass is 249 g/mol. The average Bonchev–Trinajstić information content (AvgIpc) is 2.36. The van der Waals surface area contributed by atoms with Crippen LogP contribution in [-0.4, -0.2) is 25.3 Å². The average molecular weight is 249 g/mol. The molecule has 18 heavy (non-hydrogen) atoms. The summed E-state index contributed by atoms with van der Waals surface area (Å²) in [6, 6.07) is 7.59. The van der Waals surface area contributed by atoms with Crippen molar-refractivity contribution < 1.29 is 9.84 Å². The van der Waals surface area contributed by atoms with E-state index in [0.717, 1.165) is 23.8 Å². The van der Waals surface area contributed by atoms with Crippen LogP contribution in [0.2, 0.25) is 0 Å². The smallest absolute Gasteiger partial charge is 0.118 e. The Morgan fingerprint density at radius 3 is 2.61 bits per heavy atom. The molecule has 3 heteroatoms. The van der Waals surface area contributed by atoms with Gasteiger partial charge in [0.05, 0.1) is 13.2 Å². The summed E-state index contributed by atoms with van der Waals surface area (Å²) in [5, 5.41) is 13.3. The highest BCUT2D eigenvalue weighted by Gasteiger charge is 2.16. The first kappa shape index (κ1) is 13.4. The van der Waals surface area contributed by atoms with Crippen molar-refractivity contribution in [3.8, 4) is 5.75 Å². The highest BCUT2D eigenvalue weighted by atomic mass is 16.5. The van der Waals surface area contributed by atoms with Gasteiger partial charge in [-0.2, -0.15) is 0 Å².